The fourth-order valence-corrected chi connectivity index (χ4v) is 3.65. The van der Waals surface area contributed by atoms with Crippen molar-refractivity contribution in [2.24, 2.45) is 0 Å². The molecule has 0 aromatic rings. The topological polar surface area (TPSA) is 34.1 Å². The van der Waals surface area contributed by atoms with E-state index in [0.29, 0.717) is 5.75 Å². The molecule has 0 rings (SSSR count). The van der Waals surface area contributed by atoms with Gasteiger partial charge in [-0.1, -0.05) is 83.8 Å². The van der Waals surface area contributed by atoms with Crippen molar-refractivity contribution in [1.29, 1.82) is 0 Å². The zero-order chi connectivity index (χ0) is 17.2. The van der Waals surface area contributed by atoms with E-state index in [1.165, 1.54) is 77.0 Å². The quantitative estimate of drug-likeness (QED) is 0.224. The summed E-state index contributed by atoms with van der Waals surface area (Å²) in [5.41, 5.74) is 0. The molecular weight excluding hydrogens is 304 g/mol. The van der Waals surface area contributed by atoms with Gasteiger partial charge in [-0.05, 0) is 32.1 Å². The normalized spacial score (nSPS) is 12.3. The van der Waals surface area contributed by atoms with Crippen LogP contribution >= 0.6 is 0 Å². The van der Waals surface area contributed by atoms with Gasteiger partial charge < -0.3 is 0 Å². The van der Waals surface area contributed by atoms with Crippen LogP contribution in [-0.2, 0) is 9.84 Å². The fraction of sp³-hybridized carbons (Fsp3) is 0.900. The Balaban J connectivity index is 3.19. The summed E-state index contributed by atoms with van der Waals surface area (Å²) < 4.78 is 22.7. The standard InChI is InChI=1S/C20H40O2S/c1-3-5-6-7-8-9-10-11-12-13-14-15-16-17-18-19-20-23(21,22)4-2/h11-12H,3-10,13-20H2,1-2H3/b12-11-. The van der Waals surface area contributed by atoms with Crippen LogP contribution < -0.4 is 0 Å². The third-order valence-electron chi connectivity index (χ3n) is 4.41. The zero-order valence-corrected chi connectivity index (χ0v) is 16.5. The second kappa shape index (κ2) is 16.5. The molecule has 0 saturated carbocycles. The molecule has 0 aliphatic heterocycles. The molecule has 0 unspecified atom stereocenters. The van der Waals surface area contributed by atoms with Crippen molar-refractivity contribution in [3.8, 4) is 0 Å². The number of sulfone groups is 1. The Morgan fingerprint density at radius 3 is 1.52 bits per heavy atom. The molecule has 138 valence electrons. The van der Waals surface area contributed by atoms with Gasteiger partial charge in [0.25, 0.3) is 0 Å². The van der Waals surface area contributed by atoms with Gasteiger partial charge in [0.15, 0.2) is 0 Å². The minimum absolute atomic E-state index is 0.290. The van der Waals surface area contributed by atoms with E-state index < -0.39 is 9.84 Å². The average molecular weight is 345 g/mol. The maximum atomic E-state index is 11.3. The SMILES string of the molecule is CCCCCCCC/C=C\CCCCCCCCS(=O)(=O)CC. The first-order chi connectivity index (χ1) is 11.1. The van der Waals surface area contributed by atoms with Crippen molar-refractivity contribution < 1.29 is 8.42 Å². The first-order valence-corrected chi connectivity index (χ1v) is 11.8. The Kier molecular flexibility index (Phi) is 16.3. The minimum atomic E-state index is -2.75. The lowest BCUT2D eigenvalue weighted by Crippen LogP contribution is -2.08. The van der Waals surface area contributed by atoms with E-state index in [1.807, 2.05) is 0 Å². The van der Waals surface area contributed by atoms with Gasteiger partial charge in [-0.3, -0.25) is 0 Å². The summed E-state index contributed by atoms with van der Waals surface area (Å²) in [4.78, 5) is 0. The summed E-state index contributed by atoms with van der Waals surface area (Å²) in [6.45, 7) is 3.99. The lowest BCUT2D eigenvalue weighted by atomic mass is 10.1. The van der Waals surface area contributed by atoms with Crippen LogP contribution in [0.3, 0.4) is 0 Å². The van der Waals surface area contributed by atoms with Crippen molar-refractivity contribution in [3.05, 3.63) is 12.2 Å². The van der Waals surface area contributed by atoms with Crippen LogP contribution in [0, 0.1) is 0 Å². The second-order valence-electron chi connectivity index (χ2n) is 6.67. The van der Waals surface area contributed by atoms with E-state index >= 15 is 0 Å². The van der Waals surface area contributed by atoms with Gasteiger partial charge in [-0.15, -0.1) is 0 Å². The molecule has 0 aliphatic carbocycles. The monoisotopic (exact) mass is 344 g/mol. The molecule has 0 spiro atoms. The maximum absolute atomic E-state index is 11.3. The molecule has 0 aromatic carbocycles. The van der Waals surface area contributed by atoms with Gasteiger partial charge in [0.05, 0.1) is 5.75 Å². The number of hydrogen-bond acceptors (Lipinski definition) is 2. The summed E-state index contributed by atoms with van der Waals surface area (Å²) in [6, 6.07) is 0. The van der Waals surface area contributed by atoms with Crippen LogP contribution in [0.15, 0.2) is 12.2 Å². The molecule has 0 aromatic heterocycles. The zero-order valence-electron chi connectivity index (χ0n) is 15.7. The fourth-order valence-electron chi connectivity index (χ4n) is 2.71. The number of allylic oxidation sites excluding steroid dienone is 2. The third kappa shape index (κ3) is 17.9. The summed E-state index contributed by atoms with van der Waals surface area (Å²) >= 11 is 0. The molecule has 0 bridgehead atoms. The van der Waals surface area contributed by atoms with E-state index in [2.05, 4.69) is 19.1 Å². The van der Waals surface area contributed by atoms with E-state index in [-0.39, 0.29) is 5.75 Å². The predicted molar refractivity (Wildman–Crippen MR) is 104 cm³/mol. The first-order valence-electron chi connectivity index (χ1n) is 9.97. The van der Waals surface area contributed by atoms with Crippen LogP contribution in [0.1, 0.15) is 104 Å². The highest BCUT2D eigenvalue weighted by Gasteiger charge is 2.05. The maximum Gasteiger partial charge on any atom is 0.150 e. The smallest absolute Gasteiger partial charge is 0.150 e. The molecule has 0 atom stereocenters. The average Bonchev–Trinajstić information content (AvgIpc) is 2.54. The summed E-state index contributed by atoms with van der Waals surface area (Å²) in [5, 5.41) is 0. The highest BCUT2D eigenvalue weighted by atomic mass is 32.2. The molecule has 0 fully saturated rings. The second-order valence-corrected chi connectivity index (χ2v) is 9.15. The van der Waals surface area contributed by atoms with Crippen LogP contribution in [-0.4, -0.2) is 19.9 Å². The Labute approximate surface area is 146 Å². The summed E-state index contributed by atoms with van der Waals surface area (Å²) in [7, 11) is -2.75. The minimum Gasteiger partial charge on any atom is -0.229 e. The molecule has 23 heavy (non-hydrogen) atoms. The Hall–Kier alpha value is -0.310. The Morgan fingerprint density at radius 1 is 0.609 bits per heavy atom. The van der Waals surface area contributed by atoms with Crippen LogP contribution in [0.2, 0.25) is 0 Å². The molecule has 0 amide bonds. The molecular formula is C20H40O2S. The summed E-state index contributed by atoms with van der Waals surface area (Å²) in [6.07, 6.45) is 22.3. The molecule has 2 nitrogen and oxygen atoms in total. The van der Waals surface area contributed by atoms with E-state index in [0.717, 1.165) is 12.8 Å². The van der Waals surface area contributed by atoms with E-state index in [4.69, 9.17) is 0 Å². The highest BCUT2D eigenvalue weighted by molar-refractivity contribution is 7.91. The van der Waals surface area contributed by atoms with Crippen molar-refractivity contribution in [2.75, 3.05) is 11.5 Å². The molecule has 0 heterocycles. The van der Waals surface area contributed by atoms with Gasteiger partial charge in [-0.2, -0.15) is 0 Å². The van der Waals surface area contributed by atoms with Gasteiger partial charge in [0, 0.05) is 5.75 Å². The van der Waals surface area contributed by atoms with Crippen molar-refractivity contribution >= 4 is 9.84 Å². The van der Waals surface area contributed by atoms with E-state index in [9.17, 15) is 8.42 Å². The van der Waals surface area contributed by atoms with Gasteiger partial charge >= 0.3 is 0 Å². The number of rotatable bonds is 17. The Morgan fingerprint density at radius 2 is 1.04 bits per heavy atom. The van der Waals surface area contributed by atoms with Gasteiger partial charge in [0.1, 0.15) is 9.84 Å². The molecule has 0 aliphatic rings. The lowest BCUT2D eigenvalue weighted by Gasteiger charge is -2.02. The predicted octanol–water partition coefficient (Wildman–Crippen LogP) is 6.46. The van der Waals surface area contributed by atoms with Crippen molar-refractivity contribution in [3.63, 3.8) is 0 Å². The Bertz CT molecular complexity index is 358. The van der Waals surface area contributed by atoms with E-state index in [1.54, 1.807) is 6.92 Å². The largest absolute Gasteiger partial charge is 0.229 e. The van der Waals surface area contributed by atoms with Gasteiger partial charge in [0.2, 0.25) is 0 Å². The highest BCUT2D eigenvalue weighted by Crippen LogP contribution is 2.10. The van der Waals surface area contributed by atoms with Crippen molar-refractivity contribution in [1.82, 2.24) is 0 Å². The lowest BCUT2D eigenvalue weighted by molar-refractivity contribution is 0.582. The number of unbranched alkanes of at least 4 members (excludes halogenated alkanes) is 12. The molecule has 0 N–H and O–H groups in total. The molecule has 0 radical (unpaired) electrons. The van der Waals surface area contributed by atoms with Crippen LogP contribution in [0.4, 0.5) is 0 Å². The molecule has 3 heteroatoms. The number of hydrogen-bond donors (Lipinski definition) is 0. The van der Waals surface area contributed by atoms with Crippen molar-refractivity contribution in [2.45, 2.75) is 104 Å². The summed E-state index contributed by atoms with van der Waals surface area (Å²) in [5.74, 6) is 0.669. The molecule has 0 saturated heterocycles. The van der Waals surface area contributed by atoms with Crippen LogP contribution in [0.5, 0.6) is 0 Å². The van der Waals surface area contributed by atoms with Crippen LogP contribution in [0.25, 0.3) is 0 Å². The van der Waals surface area contributed by atoms with Gasteiger partial charge in [-0.25, -0.2) is 8.42 Å². The first kappa shape index (κ1) is 22.7. The third-order valence-corrected chi connectivity index (χ3v) is 6.20.